The first-order chi connectivity index (χ1) is 7.97. The van der Waals surface area contributed by atoms with Crippen molar-refractivity contribution in [3.8, 4) is 0 Å². The largest absolute Gasteiger partial charge is 0.371 e. The summed E-state index contributed by atoms with van der Waals surface area (Å²) in [6.07, 6.45) is 1.19. The van der Waals surface area contributed by atoms with Gasteiger partial charge in [0.2, 0.25) is 0 Å². The van der Waals surface area contributed by atoms with Crippen LogP contribution in [-0.4, -0.2) is 13.1 Å². The van der Waals surface area contributed by atoms with Crippen LogP contribution in [0.25, 0.3) is 0 Å². The third-order valence-corrected chi connectivity index (χ3v) is 3.39. The lowest BCUT2D eigenvalue weighted by atomic mass is 9.90. The monoisotopic (exact) mass is 239 g/mol. The molecule has 2 rings (SSSR count). The fourth-order valence-electron chi connectivity index (χ4n) is 2.41. The lowest BCUT2D eigenvalue weighted by Gasteiger charge is -2.42. The van der Waals surface area contributed by atoms with Crippen LogP contribution in [0.3, 0.4) is 0 Å². The lowest BCUT2D eigenvalue weighted by Crippen LogP contribution is -2.47. The number of halogens is 2. The molecule has 1 aromatic rings. The summed E-state index contributed by atoms with van der Waals surface area (Å²) >= 11 is 0. The number of hydrogen-bond acceptors (Lipinski definition) is 1. The van der Waals surface area contributed by atoms with Gasteiger partial charge in [0.05, 0.1) is 0 Å². The standard InChI is InChI=1S/C14H19F2N/c1-9(2)4-11-7-17(8-11)12-5-13(15)10(3)14(16)6-12/h5-6,9,11H,4,7-8H2,1-3H3. The molecule has 0 aromatic heterocycles. The van der Waals surface area contributed by atoms with Crippen LogP contribution in [0.4, 0.5) is 14.5 Å². The highest BCUT2D eigenvalue weighted by molar-refractivity contribution is 5.50. The Labute approximate surface area is 101 Å². The van der Waals surface area contributed by atoms with E-state index < -0.39 is 11.6 Å². The van der Waals surface area contributed by atoms with Gasteiger partial charge in [0, 0.05) is 24.3 Å². The summed E-state index contributed by atoms with van der Waals surface area (Å²) in [5.41, 5.74) is 0.776. The minimum atomic E-state index is -0.452. The van der Waals surface area contributed by atoms with Crippen LogP contribution in [0.15, 0.2) is 12.1 Å². The Kier molecular flexibility index (Phi) is 3.36. The Hall–Kier alpha value is -1.12. The minimum absolute atomic E-state index is 0.105. The van der Waals surface area contributed by atoms with E-state index in [1.807, 2.05) is 4.90 Å². The van der Waals surface area contributed by atoms with E-state index in [2.05, 4.69) is 13.8 Å². The Bertz CT molecular complexity index is 386. The van der Waals surface area contributed by atoms with E-state index in [1.165, 1.54) is 25.5 Å². The lowest BCUT2D eigenvalue weighted by molar-refractivity contribution is 0.337. The molecule has 0 bridgehead atoms. The smallest absolute Gasteiger partial charge is 0.131 e. The van der Waals surface area contributed by atoms with Crippen molar-refractivity contribution in [3.05, 3.63) is 29.3 Å². The maximum atomic E-state index is 13.4. The molecule has 1 saturated heterocycles. The Morgan fingerprint density at radius 2 is 1.76 bits per heavy atom. The van der Waals surface area contributed by atoms with E-state index >= 15 is 0 Å². The second-order valence-corrected chi connectivity index (χ2v) is 5.43. The number of anilines is 1. The molecule has 3 heteroatoms. The molecule has 0 atom stereocenters. The van der Waals surface area contributed by atoms with Crippen LogP contribution in [0, 0.1) is 30.4 Å². The quantitative estimate of drug-likeness (QED) is 0.776. The Morgan fingerprint density at radius 3 is 2.24 bits per heavy atom. The number of nitrogens with zero attached hydrogens (tertiary/aromatic N) is 1. The van der Waals surface area contributed by atoms with E-state index in [0.29, 0.717) is 17.5 Å². The third-order valence-electron chi connectivity index (χ3n) is 3.39. The molecule has 1 aromatic carbocycles. The third kappa shape index (κ3) is 2.59. The van der Waals surface area contributed by atoms with Crippen molar-refractivity contribution in [2.75, 3.05) is 18.0 Å². The molecule has 0 saturated carbocycles. The van der Waals surface area contributed by atoms with Crippen molar-refractivity contribution in [2.45, 2.75) is 27.2 Å². The molecule has 17 heavy (non-hydrogen) atoms. The molecule has 1 nitrogen and oxygen atoms in total. The van der Waals surface area contributed by atoms with Gasteiger partial charge in [0.1, 0.15) is 11.6 Å². The molecule has 1 aliphatic rings. The average Bonchev–Trinajstić information content (AvgIpc) is 2.18. The zero-order chi connectivity index (χ0) is 12.6. The number of benzene rings is 1. The number of rotatable bonds is 3. The summed E-state index contributed by atoms with van der Waals surface area (Å²) in [6.45, 7) is 7.70. The molecule has 0 N–H and O–H groups in total. The molecule has 0 aliphatic carbocycles. The second kappa shape index (κ2) is 4.63. The van der Waals surface area contributed by atoms with Crippen LogP contribution in [0.5, 0.6) is 0 Å². The zero-order valence-corrected chi connectivity index (χ0v) is 10.6. The molecule has 0 unspecified atom stereocenters. The maximum absolute atomic E-state index is 13.4. The predicted molar refractivity (Wildman–Crippen MR) is 66.3 cm³/mol. The fraction of sp³-hybridized carbons (Fsp3) is 0.571. The second-order valence-electron chi connectivity index (χ2n) is 5.43. The molecule has 94 valence electrons. The summed E-state index contributed by atoms with van der Waals surface area (Å²) in [5.74, 6) is 0.454. The zero-order valence-electron chi connectivity index (χ0n) is 10.6. The van der Waals surface area contributed by atoms with Gasteiger partial charge >= 0.3 is 0 Å². The summed E-state index contributed by atoms with van der Waals surface area (Å²) in [4.78, 5) is 2.04. The average molecular weight is 239 g/mol. The van der Waals surface area contributed by atoms with Gasteiger partial charge in [-0.05, 0) is 37.3 Å². The maximum Gasteiger partial charge on any atom is 0.131 e. The molecule has 1 aliphatic heterocycles. The Morgan fingerprint density at radius 1 is 1.24 bits per heavy atom. The van der Waals surface area contributed by atoms with Crippen molar-refractivity contribution in [1.29, 1.82) is 0 Å². The molecular weight excluding hydrogens is 220 g/mol. The first-order valence-corrected chi connectivity index (χ1v) is 6.18. The van der Waals surface area contributed by atoms with Gasteiger partial charge in [0.25, 0.3) is 0 Å². The topological polar surface area (TPSA) is 3.24 Å². The molecule has 1 heterocycles. The van der Waals surface area contributed by atoms with Crippen molar-refractivity contribution in [2.24, 2.45) is 11.8 Å². The van der Waals surface area contributed by atoms with Crippen molar-refractivity contribution in [1.82, 2.24) is 0 Å². The molecule has 0 spiro atoms. The fourth-order valence-corrected chi connectivity index (χ4v) is 2.41. The summed E-state index contributed by atoms with van der Waals surface area (Å²) < 4.78 is 26.8. The first-order valence-electron chi connectivity index (χ1n) is 6.18. The highest BCUT2D eigenvalue weighted by Crippen LogP contribution is 2.30. The van der Waals surface area contributed by atoms with E-state index in [9.17, 15) is 8.78 Å². The predicted octanol–water partition coefficient (Wildman–Crippen LogP) is 3.76. The van der Waals surface area contributed by atoms with Crippen LogP contribution in [-0.2, 0) is 0 Å². The van der Waals surface area contributed by atoms with Gasteiger partial charge in [0.15, 0.2) is 0 Å². The summed E-state index contributed by atoms with van der Waals surface area (Å²) in [6, 6.07) is 2.87. The van der Waals surface area contributed by atoms with Crippen LogP contribution in [0.2, 0.25) is 0 Å². The van der Waals surface area contributed by atoms with Gasteiger partial charge in [-0.3, -0.25) is 0 Å². The van der Waals surface area contributed by atoms with Gasteiger partial charge < -0.3 is 4.90 Å². The van der Waals surface area contributed by atoms with E-state index in [-0.39, 0.29) is 5.56 Å². The van der Waals surface area contributed by atoms with Crippen molar-refractivity contribution in [3.63, 3.8) is 0 Å². The van der Waals surface area contributed by atoms with E-state index in [0.717, 1.165) is 13.1 Å². The van der Waals surface area contributed by atoms with Gasteiger partial charge in [-0.15, -0.1) is 0 Å². The van der Waals surface area contributed by atoms with Crippen LogP contribution >= 0.6 is 0 Å². The minimum Gasteiger partial charge on any atom is -0.371 e. The first kappa shape index (κ1) is 12.3. The molecule has 1 fully saturated rings. The van der Waals surface area contributed by atoms with Crippen LogP contribution in [0.1, 0.15) is 25.8 Å². The van der Waals surface area contributed by atoms with E-state index in [1.54, 1.807) is 0 Å². The molecule has 0 radical (unpaired) electrons. The molecular formula is C14H19F2N. The highest BCUT2D eigenvalue weighted by Gasteiger charge is 2.28. The van der Waals surface area contributed by atoms with Gasteiger partial charge in [-0.1, -0.05) is 13.8 Å². The summed E-state index contributed by atoms with van der Waals surface area (Å²) in [5, 5.41) is 0. The highest BCUT2D eigenvalue weighted by atomic mass is 19.1. The number of hydrogen-bond donors (Lipinski definition) is 0. The SMILES string of the molecule is Cc1c(F)cc(N2CC(CC(C)C)C2)cc1F. The van der Waals surface area contributed by atoms with Crippen molar-refractivity contribution < 1.29 is 8.78 Å². The van der Waals surface area contributed by atoms with E-state index in [4.69, 9.17) is 0 Å². The van der Waals surface area contributed by atoms with Gasteiger partial charge in [-0.2, -0.15) is 0 Å². The normalized spacial score (nSPS) is 16.5. The van der Waals surface area contributed by atoms with Gasteiger partial charge in [-0.25, -0.2) is 8.78 Å². The molecule has 0 amide bonds. The Balaban J connectivity index is 2.02. The van der Waals surface area contributed by atoms with Crippen LogP contribution < -0.4 is 4.90 Å². The van der Waals surface area contributed by atoms with Crippen molar-refractivity contribution >= 4 is 5.69 Å². The summed E-state index contributed by atoms with van der Waals surface area (Å²) in [7, 11) is 0.